The van der Waals surface area contributed by atoms with Gasteiger partial charge in [-0.05, 0) is 0 Å². The summed E-state index contributed by atoms with van der Waals surface area (Å²) in [4.78, 5) is 61.3. The van der Waals surface area contributed by atoms with Crippen molar-refractivity contribution in [1.82, 2.24) is 25.3 Å². The molecule has 0 radical (unpaired) electrons. The van der Waals surface area contributed by atoms with Crippen LogP contribution in [0.4, 0.5) is 11.6 Å². The van der Waals surface area contributed by atoms with Gasteiger partial charge in [-0.25, -0.2) is 9.97 Å². The Morgan fingerprint density at radius 2 is 1.91 bits per heavy atom. The number of carbonyl (C=O) groups is 3. The van der Waals surface area contributed by atoms with Gasteiger partial charge in [-0.2, -0.15) is 4.98 Å². The zero-order valence-electron chi connectivity index (χ0n) is 16.6. The van der Waals surface area contributed by atoms with Crippen molar-refractivity contribution in [3.8, 4) is 0 Å². The average Bonchev–Trinajstić information content (AvgIpc) is 2.75. The van der Waals surface area contributed by atoms with Gasteiger partial charge in [0.1, 0.15) is 0 Å². The topological polar surface area (TPSA) is 193 Å². The van der Waals surface area contributed by atoms with Gasteiger partial charge >= 0.3 is 131 Å². The van der Waals surface area contributed by atoms with E-state index in [4.69, 9.17) is 5.73 Å². The van der Waals surface area contributed by atoms with Crippen LogP contribution in [0.2, 0.25) is 0 Å². The number of nitrogens with two attached hydrogens (primary N) is 1. The van der Waals surface area contributed by atoms with Gasteiger partial charge in [0.25, 0.3) is 5.56 Å². The molecule has 0 spiro atoms. The van der Waals surface area contributed by atoms with Crippen LogP contribution in [0.1, 0.15) is 28.9 Å². The van der Waals surface area contributed by atoms with E-state index < -0.39 is 23.5 Å². The van der Waals surface area contributed by atoms with E-state index in [2.05, 4.69) is 30.6 Å². The number of aromatic amines is 1. The molecule has 0 aliphatic rings. The number of amides is 1. The van der Waals surface area contributed by atoms with Crippen molar-refractivity contribution in [1.29, 1.82) is 0 Å². The van der Waals surface area contributed by atoms with E-state index in [9.17, 15) is 24.3 Å². The molecule has 3 aromatic rings. The molecule has 1 atom stereocenters. The number of carboxylic acids is 1. The third-order valence-corrected chi connectivity index (χ3v) is 4.98. The number of hydrogen-bond donors (Lipinski definition) is 5. The van der Waals surface area contributed by atoms with E-state index in [1.165, 1.54) is 18.3 Å². The number of rotatable bonds is 9. The van der Waals surface area contributed by atoms with Crippen molar-refractivity contribution < 1.29 is 44.2 Å². The molecule has 1 amide bonds. The summed E-state index contributed by atoms with van der Waals surface area (Å²) < 4.78 is -0.0609. The van der Waals surface area contributed by atoms with E-state index in [0.717, 1.165) is 0 Å². The Morgan fingerprint density at radius 3 is 2.56 bits per heavy atom. The monoisotopic (exact) mass is 514 g/mol. The summed E-state index contributed by atoms with van der Waals surface area (Å²) >= 11 is 0.702. The number of hydrogen-bond acceptors (Lipinski definition) is 9. The molecule has 0 saturated heterocycles. The van der Waals surface area contributed by atoms with Gasteiger partial charge in [0, 0.05) is 0 Å². The molecule has 0 aliphatic heterocycles. The normalized spacial score (nSPS) is 11.6. The fourth-order valence-corrected chi connectivity index (χ4v) is 3.12. The predicted molar refractivity (Wildman–Crippen MR) is 109 cm³/mol. The zero-order valence-corrected chi connectivity index (χ0v) is 19.0. The van der Waals surface area contributed by atoms with Crippen molar-refractivity contribution in [2.75, 3.05) is 11.1 Å². The Hall–Kier alpha value is -3.47. The summed E-state index contributed by atoms with van der Waals surface area (Å²) in [6.45, 7) is 0.257. The molecule has 3 rings (SSSR count). The third kappa shape index (κ3) is 6.04. The van der Waals surface area contributed by atoms with Gasteiger partial charge in [0.2, 0.25) is 5.95 Å². The number of carbonyl (C=O) groups excluding carboxylic acids is 2. The molecule has 0 aliphatic carbocycles. The molecule has 163 valence electrons. The first-order chi connectivity index (χ1) is 15.2. The van der Waals surface area contributed by atoms with Crippen LogP contribution >= 0.6 is 0 Å². The first-order valence-corrected chi connectivity index (χ1v) is 10.6. The fourth-order valence-electron chi connectivity index (χ4n) is 2.76. The molecule has 12 nitrogen and oxygen atoms in total. The Morgan fingerprint density at radius 1 is 1.19 bits per heavy atom. The number of aliphatic carboxylic acids is 1. The maximum Gasteiger partial charge on any atom is 0.280 e. The van der Waals surface area contributed by atoms with Gasteiger partial charge in [-0.3, -0.25) is 9.78 Å². The molecule has 1 aromatic carbocycles. The summed E-state index contributed by atoms with van der Waals surface area (Å²) in [5.74, 6) is -1.78. The maximum atomic E-state index is 12.3. The number of nitrogens with zero attached hydrogens (tertiary/aromatic N) is 3. The van der Waals surface area contributed by atoms with Crippen molar-refractivity contribution >= 4 is 38.2 Å². The number of nitrogens with one attached hydrogen (secondary N) is 3. The summed E-state index contributed by atoms with van der Waals surface area (Å²) in [6.07, 6.45) is 1.62. The predicted octanol–water partition coefficient (Wildman–Crippen LogP) is -0.0560. The van der Waals surface area contributed by atoms with Gasteiger partial charge < -0.3 is 5.73 Å². The summed E-state index contributed by atoms with van der Waals surface area (Å²) in [5.41, 5.74) is 6.66. The van der Waals surface area contributed by atoms with E-state index in [1.54, 1.807) is 12.1 Å². The molecule has 0 unspecified atom stereocenters. The fraction of sp³-hybridized carbons (Fsp3) is 0.211. The van der Waals surface area contributed by atoms with Crippen molar-refractivity contribution in [3.63, 3.8) is 0 Å². The van der Waals surface area contributed by atoms with Crippen LogP contribution in [-0.2, 0) is 40.9 Å². The van der Waals surface area contributed by atoms with Crippen molar-refractivity contribution in [3.05, 3.63) is 52.1 Å². The van der Waals surface area contributed by atoms with Crippen LogP contribution in [0.15, 0.2) is 35.3 Å². The van der Waals surface area contributed by atoms with Crippen LogP contribution < -0.4 is 21.9 Å². The molecule has 0 saturated carbocycles. The molecule has 0 bridgehead atoms. The zero-order chi connectivity index (χ0) is 23.3. The van der Waals surface area contributed by atoms with Gasteiger partial charge in [0.15, 0.2) is 11.2 Å². The van der Waals surface area contributed by atoms with Gasteiger partial charge in [-0.15, -0.1) is 0 Å². The van der Waals surface area contributed by atoms with E-state index >= 15 is 0 Å². The minimum atomic E-state index is -1.19. The molecular formula is C19H18N7O5Zr. The van der Waals surface area contributed by atoms with Crippen LogP contribution in [0, 0.1) is 0 Å². The molecule has 13 heteroatoms. The number of H-pyrrole nitrogens is 1. The smallest absolute Gasteiger partial charge is 0.280 e. The Kier molecular flexibility index (Phi) is 7.42. The first kappa shape index (κ1) is 23.2. The first-order valence-electron chi connectivity index (χ1n) is 9.36. The van der Waals surface area contributed by atoms with Crippen molar-refractivity contribution in [2.45, 2.75) is 25.4 Å². The number of nitrogen functional groups attached to an aromatic ring is 1. The Labute approximate surface area is 195 Å². The second kappa shape index (κ2) is 10.2. The van der Waals surface area contributed by atoms with Crippen LogP contribution in [0.25, 0.3) is 11.2 Å². The number of fused-ring (bicyclic) bond motifs is 1. The SMILES string of the molecule is Nc1nc2ncc(CNc3ccc(C(=O)N[C@@H](CC[C](=O)[Zr])C(=O)O)cc3)nc2c(=O)[nH]1. The van der Waals surface area contributed by atoms with Crippen molar-refractivity contribution in [2.24, 2.45) is 0 Å². The van der Waals surface area contributed by atoms with Gasteiger partial charge in [0.05, 0.1) is 11.9 Å². The molecule has 2 aromatic heterocycles. The number of carboxylic acid groups (broad SMARTS) is 1. The quantitative estimate of drug-likeness (QED) is 0.258. The molecule has 32 heavy (non-hydrogen) atoms. The molecule has 2 heterocycles. The Bertz CT molecular complexity index is 1230. The summed E-state index contributed by atoms with van der Waals surface area (Å²) in [5, 5.41) is 14.7. The van der Waals surface area contributed by atoms with Crippen LogP contribution in [0.3, 0.4) is 0 Å². The minimum absolute atomic E-state index is 0.0404. The van der Waals surface area contributed by atoms with E-state index in [1.807, 2.05) is 0 Å². The molecule has 6 N–H and O–H groups in total. The summed E-state index contributed by atoms with van der Waals surface area (Å²) in [7, 11) is 0. The number of aromatic nitrogens is 4. The number of benzene rings is 1. The molecule has 0 fully saturated rings. The summed E-state index contributed by atoms with van der Waals surface area (Å²) in [6, 6.07) is 5.23. The standard InChI is InChI=1S/C19H18N7O5.Zr/c20-19-25-15-14(17(29)26-19)23-12(9-22-15)8-21-11-5-3-10(4-6-11)16(28)24-13(18(30)31)2-1-7-27;/h3-6,9,13,21H,1-2,8H2,(H,24,28)(H,30,31)(H3,20,22,25,26,29);/t13-;/m0./s1. The maximum absolute atomic E-state index is 12.3. The van der Waals surface area contributed by atoms with Gasteiger partial charge in [-0.1, -0.05) is 0 Å². The van der Waals surface area contributed by atoms with Crippen LogP contribution in [0.5, 0.6) is 0 Å². The van der Waals surface area contributed by atoms with Crippen LogP contribution in [-0.4, -0.2) is 46.5 Å². The second-order valence-corrected chi connectivity index (χ2v) is 8.11. The second-order valence-electron chi connectivity index (χ2n) is 6.74. The Balaban J connectivity index is 1.62. The average molecular weight is 516 g/mol. The van der Waals surface area contributed by atoms with E-state index in [-0.39, 0.29) is 45.6 Å². The third-order valence-electron chi connectivity index (χ3n) is 4.37. The minimum Gasteiger partial charge on any atom is -0.291 e. The van der Waals surface area contributed by atoms with E-state index in [0.29, 0.717) is 36.1 Å². The number of anilines is 2. The molecular weight excluding hydrogens is 497 g/mol. The largest absolute Gasteiger partial charge is 0.291 e.